The zero-order valence-corrected chi connectivity index (χ0v) is 8.27. The lowest BCUT2D eigenvalue weighted by molar-refractivity contribution is -0.156. The molecule has 0 aromatic heterocycles. The Balaban J connectivity index is 2.15. The van der Waals surface area contributed by atoms with Crippen LogP contribution in [0.2, 0.25) is 0 Å². The maximum Gasteiger partial charge on any atom is 0.306 e. The van der Waals surface area contributed by atoms with Crippen LogP contribution < -0.4 is 0 Å². The van der Waals surface area contributed by atoms with Gasteiger partial charge >= 0.3 is 5.97 Å². The molecule has 0 aliphatic carbocycles. The summed E-state index contributed by atoms with van der Waals surface area (Å²) in [6, 6.07) is 9.94. The summed E-state index contributed by atoms with van der Waals surface area (Å²) in [5.41, 5.74) is 1.10. The van der Waals surface area contributed by atoms with Gasteiger partial charge in [0.1, 0.15) is 6.10 Å². The van der Waals surface area contributed by atoms with Crippen molar-refractivity contribution in [1.29, 1.82) is 0 Å². The van der Waals surface area contributed by atoms with Gasteiger partial charge in [-0.05, 0) is 17.9 Å². The Labute approximate surface area is 83.9 Å². The molecule has 0 N–H and O–H groups in total. The van der Waals surface area contributed by atoms with Crippen molar-refractivity contribution in [1.82, 2.24) is 0 Å². The van der Waals surface area contributed by atoms with E-state index in [0.29, 0.717) is 12.3 Å². The number of ether oxygens (including phenoxy) is 1. The summed E-state index contributed by atoms with van der Waals surface area (Å²) in [6.45, 7) is 2.09. The van der Waals surface area contributed by atoms with Crippen LogP contribution in [0.3, 0.4) is 0 Å². The molecular formula is C12H14O2. The minimum absolute atomic E-state index is 0.0348. The molecule has 1 aliphatic rings. The summed E-state index contributed by atoms with van der Waals surface area (Å²) in [6.07, 6.45) is 1.46. The van der Waals surface area contributed by atoms with Gasteiger partial charge in [0.2, 0.25) is 0 Å². The molecule has 2 nitrogen and oxygen atoms in total. The Morgan fingerprint density at radius 1 is 1.29 bits per heavy atom. The number of hydrogen-bond acceptors (Lipinski definition) is 2. The second kappa shape index (κ2) is 3.82. The Bertz CT molecular complexity index is 318. The summed E-state index contributed by atoms with van der Waals surface area (Å²) in [4.78, 5) is 11.2. The highest BCUT2D eigenvalue weighted by molar-refractivity contribution is 5.70. The van der Waals surface area contributed by atoms with E-state index in [4.69, 9.17) is 4.74 Å². The van der Waals surface area contributed by atoms with Crippen LogP contribution >= 0.6 is 0 Å². The van der Waals surface area contributed by atoms with Crippen LogP contribution in [0, 0.1) is 5.92 Å². The Morgan fingerprint density at radius 2 is 2.00 bits per heavy atom. The fraction of sp³-hybridized carbons (Fsp3) is 0.417. The molecule has 1 aliphatic heterocycles. The van der Waals surface area contributed by atoms with Crippen molar-refractivity contribution >= 4 is 5.97 Å². The first kappa shape index (κ1) is 9.25. The van der Waals surface area contributed by atoms with Crippen molar-refractivity contribution in [2.45, 2.75) is 25.9 Å². The van der Waals surface area contributed by atoms with E-state index in [1.165, 1.54) is 0 Å². The first-order valence-electron chi connectivity index (χ1n) is 5.00. The zero-order valence-electron chi connectivity index (χ0n) is 8.27. The van der Waals surface area contributed by atoms with E-state index in [2.05, 4.69) is 6.92 Å². The van der Waals surface area contributed by atoms with E-state index in [1.807, 2.05) is 30.3 Å². The van der Waals surface area contributed by atoms with Crippen molar-refractivity contribution in [3.63, 3.8) is 0 Å². The fourth-order valence-electron chi connectivity index (χ4n) is 1.86. The molecule has 74 valence electrons. The lowest BCUT2D eigenvalue weighted by Crippen LogP contribution is -2.22. The normalized spacial score (nSPS) is 27.1. The van der Waals surface area contributed by atoms with Crippen molar-refractivity contribution in [2.24, 2.45) is 5.92 Å². The minimum atomic E-state index is -0.0717. The van der Waals surface area contributed by atoms with Gasteiger partial charge in [0, 0.05) is 6.42 Å². The van der Waals surface area contributed by atoms with Gasteiger partial charge in [-0.3, -0.25) is 4.79 Å². The van der Waals surface area contributed by atoms with Gasteiger partial charge in [-0.25, -0.2) is 0 Å². The van der Waals surface area contributed by atoms with Crippen LogP contribution in [0.4, 0.5) is 0 Å². The van der Waals surface area contributed by atoms with E-state index in [1.54, 1.807) is 0 Å². The molecule has 2 atom stereocenters. The Hall–Kier alpha value is -1.31. The standard InChI is InChI=1S/C12H14O2/c1-9-7-11(14-12(13)8-9)10-5-3-2-4-6-10/h2-6,9,11H,7-8H2,1H3/t9-,11+/m0/s1. The highest BCUT2D eigenvalue weighted by atomic mass is 16.5. The summed E-state index contributed by atoms with van der Waals surface area (Å²) in [5.74, 6) is 0.360. The molecule has 2 heteroatoms. The van der Waals surface area contributed by atoms with Gasteiger partial charge in [0.05, 0.1) is 0 Å². The highest BCUT2D eigenvalue weighted by Crippen LogP contribution is 2.31. The van der Waals surface area contributed by atoms with Crippen LogP contribution in [-0.4, -0.2) is 5.97 Å². The predicted octanol–water partition coefficient (Wildman–Crippen LogP) is 2.70. The quantitative estimate of drug-likeness (QED) is 0.636. The number of hydrogen-bond donors (Lipinski definition) is 0. The second-order valence-electron chi connectivity index (χ2n) is 3.93. The largest absolute Gasteiger partial charge is 0.457 e. The average molecular weight is 190 g/mol. The third-order valence-electron chi connectivity index (χ3n) is 2.58. The van der Waals surface area contributed by atoms with Gasteiger partial charge in [0.15, 0.2) is 0 Å². The van der Waals surface area contributed by atoms with Crippen LogP contribution in [0.5, 0.6) is 0 Å². The molecule has 1 heterocycles. The molecule has 2 rings (SSSR count). The second-order valence-corrected chi connectivity index (χ2v) is 3.93. The maximum absolute atomic E-state index is 11.2. The molecule has 1 saturated heterocycles. The molecule has 0 bridgehead atoms. The molecular weight excluding hydrogens is 176 g/mol. The van der Waals surface area contributed by atoms with Gasteiger partial charge in [-0.15, -0.1) is 0 Å². The topological polar surface area (TPSA) is 26.3 Å². The lowest BCUT2D eigenvalue weighted by Gasteiger charge is -2.26. The molecule has 14 heavy (non-hydrogen) atoms. The first-order valence-corrected chi connectivity index (χ1v) is 5.00. The van der Waals surface area contributed by atoms with Gasteiger partial charge < -0.3 is 4.74 Å². The lowest BCUT2D eigenvalue weighted by atomic mass is 9.93. The summed E-state index contributed by atoms with van der Waals surface area (Å²) >= 11 is 0. The predicted molar refractivity (Wildman–Crippen MR) is 53.7 cm³/mol. The molecule has 0 radical (unpaired) electrons. The molecule has 0 saturated carbocycles. The maximum atomic E-state index is 11.2. The van der Waals surface area contributed by atoms with E-state index in [-0.39, 0.29) is 12.1 Å². The SMILES string of the molecule is C[C@@H]1CC(=O)O[C@@H](c2ccccc2)C1. The third kappa shape index (κ3) is 1.95. The number of rotatable bonds is 1. The summed E-state index contributed by atoms with van der Waals surface area (Å²) in [7, 11) is 0. The number of esters is 1. The molecule has 0 unspecified atom stereocenters. The van der Waals surface area contributed by atoms with Crippen molar-refractivity contribution in [3.8, 4) is 0 Å². The number of cyclic esters (lactones) is 1. The number of carbonyl (C=O) groups is 1. The number of carbonyl (C=O) groups excluding carboxylic acids is 1. The van der Waals surface area contributed by atoms with E-state index >= 15 is 0 Å². The monoisotopic (exact) mass is 190 g/mol. The minimum Gasteiger partial charge on any atom is -0.457 e. The van der Waals surface area contributed by atoms with Gasteiger partial charge in [-0.2, -0.15) is 0 Å². The Morgan fingerprint density at radius 3 is 2.64 bits per heavy atom. The van der Waals surface area contributed by atoms with E-state index < -0.39 is 0 Å². The first-order chi connectivity index (χ1) is 6.75. The average Bonchev–Trinajstić information content (AvgIpc) is 2.18. The number of benzene rings is 1. The fourth-order valence-corrected chi connectivity index (χ4v) is 1.86. The smallest absolute Gasteiger partial charge is 0.306 e. The van der Waals surface area contributed by atoms with Crippen molar-refractivity contribution in [3.05, 3.63) is 35.9 Å². The van der Waals surface area contributed by atoms with E-state index in [9.17, 15) is 4.79 Å². The highest BCUT2D eigenvalue weighted by Gasteiger charge is 2.26. The summed E-state index contributed by atoms with van der Waals surface area (Å²) < 4.78 is 5.30. The zero-order chi connectivity index (χ0) is 9.97. The van der Waals surface area contributed by atoms with Crippen LogP contribution in [0.15, 0.2) is 30.3 Å². The van der Waals surface area contributed by atoms with Crippen molar-refractivity contribution in [2.75, 3.05) is 0 Å². The van der Waals surface area contributed by atoms with Crippen molar-refractivity contribution < 1.29 is 9.53 Å². The van der Waals surface area contributed by atoms with Crippen LogP contribution in [-0.2, 0) is 9.53 Å². The molecule has 0 spiro atoms. The van der Waals surface area contributed by atoms with Crippen LogP contribution in [0.1, 0.15) is 31.4 Å². The van der Waals surface area contributed by atoms with Crippen LogP contribution in [0.25, 0.3) is 0 Å². The van der Waals surface area contributed by atoms with E-state index in [0.717, 1.165) is 12.0 Å². The molecule has 1 aromatic carbocycles. The Kier molecular flexibility index (Phi) is 2.53. The molecule has 0 amide bonds. The van der Waals surface area contributed by atoms with Gasteiger partial charge in [0.25, 0.3) is 0 Å². The molecule has 1 fully saturated rings. The third-order valence-corrected chi connectivity index (χ3v) is 2.58. The summed E-state index contributed by atoms with van der Waals surface area (Å²) in [5, 5.41) is 0. The van der Waals surface area contributed by atoms with Gasteiger partial charge in [-0.1, -0.05) is 37.3 Å². The molecule has 1 aromatic rings.